The second kappa shape index (κ2) is 6.67. The topological polar surface area (TPSA) is 37.3 Å². The molecule has 0 heterocycles. The number of hydrogen-bond acceptors (Lipinski definition) is 1. The monoisotopic (exact) mass is 272 g/mol. The Bertz CT molecular complexity index is 427. The van der Waals surface area contributed by atoms with Gasteiger partial charge in [-0.15, -0.1) is 0 Å². The van der Waals surface area contributed by atoms with Gasteiger partial charge in [-0.1, -0.05) is 41.4 Å². The van der Waals surface area contributed by atoms with Crippen LogP contribution in [0.1, 0.15) is 31.2 Å². The number of aliphatic carboxylic acids is 1. The third kappa shape index (κ3) is 4.41. The summed E-state index contributed by atoms with van der Waals surface area (Å²) in [6, 6.07) is 5.40. The molecule has 0 aliphatic heterocycles. The number of halogens is 2. The number of carboxylic acids is 1. The van der Waals surface area contributed by atoms with Crippen molar-refractivity contribution in [1.82, 2.24) is 0 Å². The summed E-state index contributed by atoms with van der Waals surface area (Å²) in [5.41, 5.74) is 0.985. The minimum atomic E-state index is -0.792. The highest BCUT2D eigenvalue weighted by Crippen LogP contribution is 2.29. The molecular formula is C13H14Cl2O2. The maximum Gasteiger partial charge on any atom is 0.303 e. The number of carboxylic acid groups (broad SMARTS) is 1. The molecule has 1 atom stereocenters. The summed E-state index contributed by atoms with van der Waals surface area (Å²) < 4.78 is 0. The van der Waals surface area contributed by atoms with Crippen molar-refractivity contribution >= 4 is 29.2 Å². The predicted molar refractivity (Wildman–Crippen MR) is 70.9 cm³/mol. The number of allylic oxidation sites excluding steroid dienone is 2. The summed E-state index contributed by atoms with van der Waals surface area (Å²) in [5.74, 6) is -0.731. The van der Waals surface area contributed by atoms with Crippen LogP contribution in [-0.2, 0) is 4.79 Å². The van der Waals surface area contributed by atoms with Crippen LogP contribution in [-0.4, -0.2) is 11.1 Å². The Morgan fingerprint density at radius 2 is 2.12 bits per heavy atom. The first-order valence-corrected chi connectivity index (χ1v) is 6.09. The van der Waals surface area contributed by atoms with E-state index in [0.29, 0.717) is 16.5 Å². The molecule has 0 amide bonds. The molecule has 0 bridgehead atoms. The molecule has 92 valence electrons. The van der Waals surface area contributed by atoms with Gasteiger partial charge in [0.15, 0.2) is 0 Å². The largest absolute Gasteiger partial charge is 0.481 e. The SMILES string of the molecule is C/C=C/C(CCC(=O)O)c1ccc(Cl)c(Cl)c1. The fourth-order valence-electron chi connectivity index (χ4n) is 1.63. The van der Waals surface area contributed by atoms with E-state index in [-0.39, 0.29) is 12.3 Å². The summed E-state index contributed by atoms with van der Waals surface area (Å²) in [7, 11) is 0. The van der Waals surface area contributed by atoms with E-state index >= 15 is 0 Å². The average Bonchev–Trinajstić information content (AvgIpc) is 2.28. The van der Waals surface area contributed by atoms with Crippen LogP contribution in [0.3, 0.4) is 0 Å². The standard InChI is InChI=1S/C13H14Cl2O2/c1-2-3-9(5-7-13(16)17)10-4-6-11(14)12(15)8-10/h2-4,6,8-9H,5,7H2,1H3,(H,16,17)/b3-2+. The smallest absolute Gasteiger partial charge is 0.303 e. The molecule has 2 nitrogen and oxygen atoms in total. The Kier molecular flexibility index (Phi) is 5.52. The molecule has 0 aliphatic rings. The third-order valence-corrected chi connectivity index (χ3v) is 3.20. The second-order valence-corrected chi connectivity index (χ2v) is 4.55. The Balaban J connectivity index is 2.89. The molecule has 0 radical (unpaired) electrons. The van der Waals surface area contributed by atoms with Crippen molar-refractivity contribution < 1.29 is 9.90 Å². The molecule has 0 spiro atoms. The zero-order valence-corrected chi connectivity index (χ0v) is 11.0. The highest BCUT2D eigenvalue weighted by Gasteiger charge is 2.11. The molecule has 1 unspecified atom stereocenters. The molecular weight excluding hydrogens is 259 g/mol. The maximum atomic E-state index is 10.6. The van der Waals surface area contributed by atoms with Crippen molar-refractivity contribution in [2.45, 2.75) is 25.7 Å². The minimum absolute atomic E-state index is 0.0610. The van der Waals surface area contributed by atoms with Crippen molar-refractivity contribution in [1.29, 1.82) is 0 Å². The summed E-state index contributed by atoms with van der Waals surface area (Å²) in [6.45, 7) is 1.91. The van der Waals surface area contributed by atoms with Gasteiger partial charge in [0.25, 0.3) is 0 Å². The molecule has 4 heteroatoms. The quantitative estimate of drug-likeness (QED) is 0.801. The van der Waals surface area contributed by atoms with Gasteiger partial charge in [0.05, 0.1) is 10.0 Å². The highest BCUT2D eigenvalue weighted by molar-refractivity contribution is 6.42. The van der Waals surface area contributed by atoms with Gasteiger partial charge in [0.1, 0.15) is 0 Å². The van der Waals surface area contributed by atoms with E-state index < -0.39 is 5.97 Å². The van der Waals surface area contributed by atoms with Crippen LogP contribution in [0.4, 0.5) is 0 Å². The Hall–Kier alpha value is -0.990. The zero-order chi connectivity index (χ0) is 12.8. The number of carbonyl (C=O) groups is 1. The third-order valence-electron chi connectivity index (χ3n) is 2.47. The van der Waals surface area contributed by atoms with Gasteiger partial charge in [-0.25, -0.2) is 0 Å². The van der Waals surface area contributed by atoms with Gasteiger partial charge in [-0.2, -0.15) is 0 Å². The van der Waals surface area contributed by atoms with Gasteiger partial charge < -0.3 is 5.11 Å². The van der Waals surface area contributed by atoms with Gasteiger partial charge >= 0.3 is 5.97 Å². The van der Waals surface area contributed by atoms with E-state index in [1.807, 2.05) is 25.1 Å². The minimum Gasteiger partial charge on any atom is -0.481 e. The summed E-state index contributed by atoms with van der Waals surface area (Å²) >= 11 is 11.8. The van der Waals surface area contributed by atoms with E-state index in [1.54, 1.807) is 12.1 Å². The summed E-state index contributed by atoms with van der Waals surface area (Å²) in [4.78, 5) is 10.6. The van der Waals surface area contributed by atoms with Crippen molar-refractivity contribution in [2.24, 2.45) is 0 Å². The van der Waals surface area contributed by atoms with Gasteiger partial charge in [-0.05, 0) is 31.0 Å². The van der Waals surface area contributed by atoms with Crippen LogP contribution in [0.15, 0.2) is 30.4 Å². The predicted octanol–water partition coefficient (Wildman–Crippen LogP) is 4.52. The fraction of sp³-hybridized carbons (Fsp3) is 0.308. The Morgan fingerprint density at radius 3 is 2.65 bits per heavy atom. The first-order chi connectivity index (χ1) is 8.04. The molecule has 0 aromatic heterocycles. The Morgan fingerprint density at radius 1 is 1.41 bits per heavy atom. The molecule has 1 N–H and O–H groups in total. The van der Waals surface area contributed by atoms with Crippen molar-refractivity contribution in [3.05, 3.63) is 46.0 Å². The van der Waals surface area contributed by atoms with Crippen LogP contribution < -0.4 is 0 Å². The zero-order valence-electron chi connectivity index (χ0n) is 9.49. The number of hydrogen-bond donors (Lipinski definition) is 1. The second-order valence-electron chi connectivity index (χ2n) is 3.74. The average molecular weight is 273 g/mol. The lowest BCUT2D eigenvalue weighted by Crippen LogP contribution is -2.01. The molecule has 1 aromatic carbocycles. The normalized spacial score (nSPS) is 12.9. The van der Waals surface area contributed by atoms with Gasteiger partial charge in [0.2, 0.25) is 0 Å². The molecule has 1 rings (SSSR count). The van der Waals surface area contributed by atoms with Crippen LogP contribution in [0.25, 0.3) is 0 Å². The summed E-state index contributed by atoms with van der Waals surface area (Å²) in [6.07, 6.45) is 4.57. The Labute approximate surface area is 111 Å². The lowest BCUT2D eigenvalue weighted by atomic mass is 9.94. The van der Waals surface area contributed by atoms with E-state index in [4.69, 9.17) is 28.3 Å². The van der Waals surface area contributed by atoms with Crippen LogP contribution >= 0.6 is 23.2 Å². The lowest BCUT2D eigenvalue weighted by molar-refractivity contribution is -0.137. The molecule has 17 heavy (non-hydrogen) atoms. The molecule has 0 saturated heterocycles. The number of rotatable bonds is 5. The van der Waals surface area contributed by atoms with E-state index in [0.717, 1.165) is 5.56 Å². The van der Waals surface area contributed by atoms with E-state index in [9.17, 15) is 4.79 Å². The fourth-order valence-corrected chi connectivity index (χ4v) is 1.93. The highest BCUT2D eigenvalue weighted by atomic mass is 35.5. The van der Waals surface area contributed by atoms with Crippen molar-refractivity contribution in [2.75, 3.05) is 0 Å². The summed E-state index contributed by atoms with van der Waals surface area (Å²) in [5, 5.41) is 9.71. The molecule has 0 fully saturated rings. The first-order valence-electron chi connectivity index (χ1n) is 5.34. The molecule has 0 aliphatic carbocycles. The molecule has 1 aromatic rings. The first kappa shape index (κ1) is 14.1. The van der Waals surface area contributed by atoms with E-state index in [1.165, 1.54) is 0 Å². The molecule has 0 saturated carbocycles. The lowest BCUT2D eigenvalue weighted by Gasteiger charge is -2.12. The van der Waals surface area contributed by atoms with Crippen LogP contribution in [0.5, 0.6) is 0 Å². The van der Waals surface area contributed by atoms with Gasteiger partial charge in [0, 0.05) is 12.3 Å². The van der Waals surface area contributed by atoms with Gasteiger partial charge in [-0.3, -0.25) is 4.79 Å². The number of benzene rings is 1. The van der Waals surface area contributed by atoms with Crippen LogP contribution in [0, 0.1) is 0 Å². The van der Waals surface area contributed by atoms with Crippen molar-refractivity contribution in [3.8, 4) is 0 Å². The van der Waals surface area contributed by atoms with E-state index in [2.05, 4.69) is 0 Å². The van der Waals surface area contributed by atoms with Crippen LogP contribution in [0.2, 0.25) is 10.0 Å². The van der Waals surface area contributed by atoms with Crippen molar-refractivity contribution in [3.63, 3.8) is 0 Å². The maximum absolute atomic E-state index is 10.6.